The number of amides is 1. The largest absolute Gasteiger partial charge is 0.493 e. The number of benzene rings is 2. The zero-order chi connectivity index (χ0) is 20.7. The Morgan fingerprint density at radius 1 is 1.00 bits per heavy atom. The molecule has 1 aliphatic heterocycles. The van der Waals surface area contributed by atoms with E-state index in [1.807, 2.05) is 42.5 Å². The molecule has 0 unspecified atom stereocenters. The monoisotopic (exact) mass is 419 g/mol. The van der Waals surface area contributed by atoms with E-state index in [9.17, 15) is 4.79 Å². The number of anilines is 1. The molecule has 7 heteroatoms. The van der Waals surface area contributed by atoms with E-state index in [0.717, 1.165) is 27.9 Å². The number of hydrogen-bond donors (Lipinski definition) is 0. The number of hydrazone groups is 1. The second kappa shape index (κ2) is 7.57. The van der Waals surface area contributed by atoms with Crippen LogP contribution in [0.1, 0.15) is 18.4 Å². The van der Waals surface area contributed by atoms with Gasteiger partial charge in [-0.2, -0.15) is 10.1 Å². The van der Waals surface area contributed by atoms with Crippen LogP contribution >= 0.6 is 11.3 Å². The molecule has 152 valence electrons. The first kappa shape index (κ1) is 18.8. The Balaban J connectivity index is 1.64. The quantitative estimate of drug-likeness (QED) is 0.578. The van der Waals surface area contributed by atoms with Crippen molar-refractivity contribution < 1.29 is 14.3 Å². The van der Waals surface area contributed by atoms with E-state index in [1.165, 1.54) is 16.3 Å². The molecule has 0 N–H and O–H groups in total. The number of carbonyl (C=O) groups is 1. The Bertz CT molecular complexity index is 1150. The maximum atomic E-state index is 13.3. The molecule has 1 aliphatic carbocycles. The van der Waals surface area contributed by atoms with E-state index < -0.39 is 0 Å². The van der Waals surface area contributed by atoms with Gasteiger partial charge in [0, 0.05) is 11.5 Å². The molecule has 2 aliphatic rings. The predicted octanol–water partition coefficient (Wildman–Crippen LogP) is 4.65. The summed E-state index contributed by atoms with van der Waals surface area (Å²) < 4.78 is 11.9. The van der Waals surface area contributed by atoms with E-state index in [4.69, 9.17) is 14.6 Å². The van der Waals surface area contributed by atoms with Gasteiger partial charge in [0.15, 0.2) is 11.5 Å². The highest BCUT2D eigenvalue weighted by atomic mass is 32.1. The first-order valence-electron chi connectivity index (χ1n) is 9.85. The van der Waals surface area contributed by atoms with Gasteiger partial charge in [0.1, 0.15) is 0 Å². The van der Waals surface area contributed by atoms with Gasteiger partial charge in [-0.05, 0) is 43.2 Å². The van der Waals surface area contributed by atoms with E-state index in [1.54, 1.807) is 14.2 Å². The third-order valence-corrected chi connectivity index (χ3v) is 6.67. The van der Waals surface area contributed by atoms with Crippen LogP contribution in [0, 0.1) is 11.8 Å². The van der Waals surface area contributed by atoms with E-state index in [0.29, 0.717) is 23.1 Å². The molecule has 0 saturated heterocycles. The van der Waals surface area contributed by atoms with E-state index in [2.05, 4.69) is 17.1 Å². The summed E-state index contributed by atoms with van der Waals surface area (Å²) >= 11 is 1.48. The summed E-state index contributed by atoms with van der Waals surface area (Å²) in [5.74, 6) is 1.20. The molecular weight excluding hydrogens is 398 g/mol. The van der Waals surface area contributed by atoms with Gasteiger partial charge in [-0.25, -0.2) is 4.98 Å². The van der Waals surface area contributed by atoms with E-state index in [-0.39, 0.29) is 17.7 Å². The van der Waals surface area contributed by atoms with Crippen LogP contribution in [0.3, 0.4) is 0 Å². The molecule has 3 aromatic rings. The topological polar surface area (TPSA) is 64.0 Å². The van der Waals surface area contributed by atoms with Gasteiger partial charge in [-0.1, -0.05) is 35.6 Å². The minimum atomic E-state index is -0.150. The second-order valence-electron chi connectivity index (χ2n) is 7.33. The van der Waals surface area contributed by atoms with Crippen LogP contribution in [0.25, 0.3) is 10.2 Å². The Kier molecular flexibility index (Phi) is 4.75. The van der Waals surface area contributed by atoms with Gasteiger partial charge in [0.05, 0.1) is 36.1 Å². The van der Waals surface area contributed by atoms with Crippen molar-refractivity contribution in [3.05, 3.63) is 60.2 Å². The molecule has 2 atom stereocenters. The highest BCUT2D eigenvalue weighted by Gasteiger charge is 2.41. The molecule has 0 radical (unpaired) electrons. The molecular formula is C23H21N3O3S. The van der Waals surface area contributed by atoms with Crippen LogP contribution in [0.2, 0.25) is 0 Å². The van der Waals surface area contributed by atoms with Crippen LogP contribution in [-0.4, -0.2) is 30.8 Å². The summed E-state index contributed by atoms with van der Waals surface area (Å²) in [6, 6.07) is 13.7. The average molecular weight is 420 g/mol. The lowest BCUT2D eigenvalue weighted by Gasteiger charge is -2.35. The lowest BCUT2D eigenvalue weighted by atomic mass is 9.76. The van der Waals surface area contributed by atoms with Crippen molar-refractivity contribution in [2.75, 3.05) is 19.2 Å². The van der Waals surface area contributed by atoms with Crippen molar-refractivity contribution in [3.8, 4) is 11.5 Å². The number of ether oxygens (including phenoxy) is 2. The minimum absolute atomic E-state index is 0.00707. The number of rotatable bonds is 4. The molecule has 30 heavy (non-hydrogen) atoms. The van der Waals surface area contributed by atoms with Crippen molar-refractivity contribution in [3.63, 3.8) is 0 Å². The molecule has 2 aromatic carbocycles. The van der Waals surface area contributed by atoms with Gasteiger partial charge < -0.3 is 9.47 Å². The first-order chi connectivity index (χ1) is 14.7. The number of nitrogens with zero attached hydrogens (tertiary/aromatic N) is 3. The zero-order valence-corrected chi connectivity index (χ0v) is 17.6. The van der Waals surface area contributed by atoms with Crippen LogP contribution < -0.4 is 14.5 Å². The standard InChI is InChI=1S/C23H21N3O3S/c1-28-18-12-11-14(13-19(18)29-2)21-15-7-3-4-8-16(15)22(27)26(25-21)23-24-17-9-5-6-10-20(17)30-23/h3-6,9-13,15-16H,7-8H2,1-2H3/t15-,16+/m0/s1. The van der Waals surface area contributed by atoms with Crippen LogP contribution in [0.15, 0.2) is 59.7 Å². The maximum absolute atomic E-state index is 13.3. The Morgan fingerprint density at radius 2 is 1.77 bits per heavy atom. The molecule has 5 rings (SSSR count). The van der Waals surface area contributed by atoms with Crippen molar-refractivity contribution in [1.29, 1.82) is 0 Å². The minimum Gasteiger partial charge on any atom is -0.493 e. The summed E-state index contributed by atoms with van der Waals surface area (Å²) in [6.07, 6.45) is 5.72. The van der Waals surface area contributed by atoms with Gasteiger partial charge >= 0.3 is 0 Å². The average Bonchev–Trinajstić information content (AvgIpc) is 3.23. The van der Waals surface area contributed by atoms with Crippen molar-refractivity contribution >= 4 is 38.3 Å². The Morgan fingerprint density at radius 3 is 2.53 bits per heavy atom. The maximum Gasteiger partial charge on any atom is 0.253 e. The van der Waals surface area contributed by atoms with Crippen molar-refractivity contribution in [2.24, 2.45) is 16.9 Å². The fourth-order valence-corrected chi connectivity index (χ4v) is 5.06. The number of aromatic nitrogens is 1. The Hall–Kier alpha value is -3.19. The number of carbonyl (C=O) groups excluding carboxylic acids is 1. The summed E-state index contributed by atoms with van der Waals surface area (Å²) in [5, 5.41) is 6.93. The number of methoxy groups -OCH3 is 2. The number of hydrogen-bond acceptors (Lipinski definition) is 6. The first-order valence-corrected chi connectivity index (χ1v) is 10.7. The third-order valence-electron chi connectivity index (χ3n) is 5.66. The van der Waals surface area contributed by atoms with Gasteiger partial charge in [0.25, 0.3) is 5.91 Å². The molecule has 0 fully saturated rings. The Labute approximate surface area is 178 Å². The number of fused-ring (bicyclic) bond motifs is 2. The molecule has 2 heterocycles. The summed E-state index contributed by atoms with van der Waals surface area (Å²) in [4.78, 5) is 18.0. The fourth-order valence-electron chi connectivity index (χ4n) is 4.13. The van der Waals surface area contributed by atoms with Crippen LogP contribution in [0.5, 0.6) is 11.5 Å². The number of thiazole rings is 1. The van der Waals surface area contributed by atoms with Gasteiger partial charge in [-0.3, -0.25) is 4.79 Å². The summed E-state index contributed by atoms with van der Waals surface area (Å²) in [6.45, 7) is 0. The molecule has 6 nitrogen and oxygen atoms in total. The number of allylic oxidation sites excluding steroid dienone is 2. The SMILES string of the molecule is COc1ccc(C2=NN(c3nc4ccccc4s3)C(=O)[C@@H]3CC=CC[C@H]23)cc1OC. The molecule has 0 saturated carbocycles. The highest BCUT2D eigenvalue weighted by molar-refractivity contribution is 7.22. The molecule has 0 bridgehead atoms. The number of para-hydroxylation sites is 1. The van der Waals surface area contributed by atoms with Gasteiger partial charge in [0.2, 0.25) is 5.13 Å². The zero-order valence-electron chi connectivity index (χ0n) is 16.7. The van der Waals surface area contributed by atoms with Crippen molar-refractivity contribution in [2.45, 2.75) is 12.8 Å². The van der Waals surface area contributed by atoms with Gasteiger partial charge in [-0.15, -0.1) is 0 Å². The summed E-state index contributed by atoms with van der Waals surface area (Å²) in [5.41, 5.74) is 2.68. The van der Waals surface area contributed by atoms with Crippen LogP contribution in [0.4, 0.5) is 5.13 Å². The van der Waals surface area contributed by atoms with Crippen LogP contribution in [-0.2, 0) is 4.79 Å². The third kappa shape index (κ3) is 3.06. The predicted molar refractivity (Wildman–Crippen MR) is 119 cm³/mol. The lowest BCUT2D eigenvalue weighted by Crippen LogP contribution is -2.45. The smallest absolute Gasteiger partial charge is 0.253 e. The van der Waals surface area contributed by atoms with E-state index >= 15 is 0 Å². The molecule has 1 amide bonds. The highest BCUT2D eigenvalue weighted by Crippen LogP contribution is 2.39. The normalized spacial score (nSPS) is 20.8. The van der Waals surface area contributed by atoms with Crippen molar-refractivity contribution in [1.82, 2.24) is 4.98 Å². The molecule has 0 spiro atoms. The summed E-state index contributed by atoms with van der Waals surface area (Å²) in [7, 11) is 3.23. The fraction of sp³-hybridized carbons (Fsp3) is 0.261. The second-order valence-corrected chi connectivity index (χ2v) is 8.33. The lowest BCUT2D eigenvalue weighted by molar-refractivity contribution is -0.123. The molecule has 1 aromatic heterocycles.